The first-order valence-electron chi connectivity index (χ1n) is 25.8. The number of benzene rings is 4. The third-order valence-corrected chi connectivity index (χ3v) is 11.2. The summed E-state index contributed by atoms with van der Waals surface area (Å²) in [5, 5.41) is 127. The molecule has 0 saturated heterocycles. The minimum atomic E-state index is -1.75. The van der Waals surface area contributed by atoms with Gasteiger partial charge in [0.25, 0.3) is 0 Å². The first kappa shape index (κ1) is 102. The van der Waals surface area contributed by atoms with Gasteiger partial charge < -0.3 is 150 Å². The van der Waals surface area contributed by atoms with Gasteiger partial charge >= 0.3 is 108 Å². The molecule has 534 valence electrons. The number of hydrogen-bond acceptors (Lipinski definition) is 30. The molecule has 0 bridgehead atoms. The number of likely N-dealkylation sites (N-methyl/N-ethyl adjacent to an activating group) is 6. The van der Waals surface area contributed by atoms with Crippen LogP contribution in [0.15, 0.2) is 48.5 Å². The fourth-order valence-electron chi connectivity index (χ4n) is 7.40. The van der Waals surface area contributed by atoms with E-state index in [-0.39, 0.29) is 131 Å². The number of methoxy groups -OCH3 is 4. The molecule has 0 atom stereocenters. The van der Waals surface area contributed by atoms with E-state index in [4.69, 9.17) is 100 Å². The third kappa shape index (κ3) is 55.9. The normalized spacial score (nSPS) is 9.63. The van der Waals surface area contributed by atoms with E-state index in [1.807, 2.05) is 80.2 Å². The van der Waals surface area contributed by atoms with Crippen molar-refractivity contribution >= 4 is 11.9 Å². The number of ether oxygens (including phenoxy) is 4. The van der Waals surface area contributed by atoms with Gasteiger partial charge in [-0.1, -0.05) is 47.3 Å². The summed E-state index contributed by atoms with van der Waals surface area (Å²) in [6, 6.07) is 14.8. The van der Waals surface area contributed by atoms with Crippen molar-refractivity contribution in [3.63, 3.8) is 0 Å². The summed E-state index contributed by atoms with van der Waals surface area (Å²) in [6.07, 6.45) is 0. The number of carbonyl (C=O) groups is 2. The van der Waals surface area contributed by atoms with Gasteiger partial charge in [-0.3, -0.25) is 0 Å². The molecule has 0 amide bonds. The predicted octanol–water partition coefficient (Wildman–Crippen LogP) is 0.478. The first-order chi connectivity index (χ1) is 40.7. The topological polar surface area (TPSA) is 494 Å². The van der Waals surface area contributed by atoms with E-state index in [9.17, 15) is 20.4 Å². The van der Waals surface area contributed by atoms with Gasteiger partial charge in [0.2, 0.25) is 0 Å². The van der Waals surface area contributed by atoms with Gasteiger partial charge in [-0.25, -0.2) is 0 Å². The molecule has 0 N–H and O–H groups in total. The summed E-state index contributed by atoms with van der Waals surface area (Å²) in [7, 11) is 18.4. The van der Waals surface area contributed by atoms with E-state index in [2.05, 4.69) is 43.5 Å². The number of aliphatic carboxylic acids is 2. The molecule has 0 fully saturated rings. The molecule has 0 aliphatic rings. The molecule has 2 radical (unpaired) electrons. The van der Waals surface area contributed by atoms with E-state index in [1.165, 1.54) is 28.4 Å². The predicted molar refractivity (Wildman–Crippen MR) is 312 cm³/mol. The van der Waals surface area contributed by atoms with Crippen LogP contribution >= 0.6 is 0 Å². The van der Waals surface area contributed by atoms with Crippen molar-refractivity contribution in [2.24, 2.45) is 0 Å². The summed E-state index contributed by atoms with van der Waals surface area (Å²) < 4.78 is 20.8. The minimum absolute atomic E-state index is 0. The summed E-state index contributed by atoms with van der Waals surface area (Å²) >= 11 is 0. The monoisotopic (exact) mass is 1700 g/mol. The number of carbonyl (C=O) groups excluding carboxylic acids is 2. The maximum Gasteiger partial charge on any atom is 3.00 e. The second-order valence-corrected chi connectivity index (χ2v) is 19.3. The SMILES string of the molecule is CC(=O)[O-].CC(=O)[O-].COc1cc(C)cc(CN(C)CCN(C)CCN(C)Cc2cc(C)cc(OC)c2[O-])c1[O-].COc1cc(C)cc(CN(C)CCN(C)CCN(C)Cc2cc(C)cc(OC)c2[O-])c1[O-].O=[N+]([O-])[O-].O=[N+]([O-])[O-].O=[N+]([O-])[O-].O=[N+]([O-])[O-].[Er+3].[Er+3].[Ni+2].[Ni+2]. The average molecular weight is 1710 g/mol. The zero-order valence-electron chi connectivity index (χ0n) is 53.6. The fraction of sp³-hybridized carbons (Fsp3) is 0.519. The largest absolute Gasteiger partial charge is 3.00 e. The molecule has 0 heterocycles. The van der Waals surface area contributed by atoms with Crippen LogP contribution in [0.2, 0.25) is 0 Å². The Hall–Kier alpha value is -5.74. The van der Waals surface area contributed by atoms with Gasteiger partial charge in [-0.05, 0) is 153 Å². The Bertz CT molecular complexity index is 2350. The van der Waals surface area contributed by atoms with E-state index >= 15 is 0 Å². The molecule has 0 spiro atoms. The average Bonchev–Trinajstić information content (AvgIpc) is 1.34. The van der Waals surface area contributed by atoms with Gasteiger partial charge in [-0.15, -0.1) is 0 Å². The number of hydrogen-bond donors (Lipinski definition) is 0. The zero-order chi connectivity index (χ0) is 69.1. The van der Waals surface area contributed by atoms with Crippen LogP contribution in [-0.4, -0.2) is 185 Å². The standard InChI is InChI=1S/2C25H39N3O4.2C2H4O2.2Er.4NO3.2Ni/c2*1-18-12-20(24(29)22(14-18)31-6)16-27(4)10-8-26(3)9-11-28(5)17-21-13-19(2)15-23(32-7)25(21)30;2*1-2(3)4;;;4*2-1(3)4;;/h2*12-15,29-30H,8-11,16-17H2,1-7H3;2*1H3,(H,3,4);;;;;;;;/q;;;;2*+3;4*-1;2*+2/p-6. The molecule has 4 aromatic rings. The van der Waals surface area contributed by atoms with Crippen LogP contribution in [0.5, 0.6) is 46.0 Å². The van der Waals surface area contributed by atoms with E-state index in [1.54, 1.807) is 24.3 Å². The second-order valence-electron chi connectivity index (χ2n) is 19.3. The second kappa shape index (κ2) is 57.9. The van der Waals surface area contributed by atoms with E-state index in [0.29, 0.717) is 49.2 Å². The van der Waals surface area contributed by atoms with Crippen LogP contribution in [-0.2, 0) is 68.8 Å². The van der Waals surface area contributed by atoms with Crippen molar-refractivity contribution in [3.8, 4) is 46.0 Å². The Morgan fingerprint density at radius 2 is 0.467 bits per heavy atom. The molecule has 4 aromatic carbocycles. The Morgan fingerprint density at radius 3 is 0.587 bits per heavy atom. The van der Waals surface area contributed by atoms with Crippen LogP contribution < -0.4 is 49.6 Å². The van der Waals surface area contributed by atoms with Crippen molar-refractivity contribution < 1.29 is 187 Å². The van der Waals surface area contributed by atoms with Crippen molar-refractivity contribution in [2.45, 2.75) is 67.7 Å². The fourth-order valence-corrected chi connectivity index (χ4v) is 7.40. The minimum Gasteiger partial charge on any atom is -0.870 e. The Morgan fingerprint density at radius 1 is 0.348 bits per heavy atom. The third-order valence-electron chi connectivity index (χ3n) is 11.2. The van der Waals surface area contributed by atoms with Gasteiger partial charge in [0.1, 0.15) is 23.0 Å². The van der Waals surface area contributed by atoms with Crippen molar-refractivity contribution in [2.75, 3.05) is 123 Å². The quantitative estimate of drug-likeness (QED) is 0.0523. The van der Waals surface area contributed by atoms with Crippen molar-refractivity contribution in [1.29, 1.82) is 0 Å². The summed E-state index contributed by atoms with van der Waals surface area (Å²) in [4.78, 5) is 63.9. The maximum atomic E-state index is 12.4. The van der Waals surface area contributed by atoms with Crippen LogP contribution in [0.4, 0.5) is 0 Å². The molecule has 92 heavy (non-hydrogen) atoms. The molecular weight excluding hydrogens is 1620 g/mol. The molecule has 34 nitrogen and oxygen atoms in total. The summed E-state index contributed by atoms with van der Waals surface area (Å²) in [6.45, 7) is 19.1. The van der Waals surface area contributed by atoms with Gasteiger partial charge in [0.05, 0.1) is 48.8 Å². The van der Waals surface area contributed by atoms with Gasteiger partial charge in [0.15, 0.2) is 0 Å². The molecule has 38 heteroatoms. The van der Waals surface area contributed by atoms with Crippen LogP contribution in [0.1, 0.15) is 58.4 Å². The molecule has 0 aromatic heterocycles. The number of rotatable bonds is 24. The number of aryl methyl sites for hydroxylation is 4. The number of carboxylic acid groups (broad SMARTS) is 2. The summed E-state index contributed by atoms with van der Waals surface area (Å²) in [5.41, 5.74) is 7.13. The van der Waals surface area contributed by atoms with E-state index in [0.717, 1.165) is 111 Å². The maximum absolute atomic E-state index is 12.4. The first-order valence-corrected chi connectivity index (χ1v) is 25.8. The molecule has 4 rings (SSSR count). The Balaban J connectivity index is -0.000000183. The molecule has 0 aliphatic carbocycles. The molecule has 0 unspecified atom stereocenters. The van der Waals surface area contributed by atoms with Gasteiger partial charge in [0, 0.05) is 90.5 Å². The number of carboxylic acids is 2. The Labute approximate surface area is 614 Å². The van der Waals surface area contributed by atoms with Crippen LogP contribution in [0, 0.1) is 164 Å². The van der Waals surface area contributed by atoms with Crippen LogP contribution in [0.3, 0.4) is 0 Å². The zero-order valence-corrected chi connectivity index (χ0v) is 59.3. The Kier molecular flexibility index (Phi) is 64.4. The molecular formula is C54H80Er2N10Ni2O24. The molecule has 0 aliphatic heterocycles. The van der Waals surface area contributed by atoms with Crippen LogP contribution in [0.25, 0.3) is 0 Å². The summed E-state index contributed by atoms with van der Waals surface area (Å²) in [5.74, 6) is -0.698. The van der Waals surface area contributed by atoms with E-state index < -0.39 is 32.3 Å². The van der Waals surface area contributed by atoms with Crippen molar-refractivity contribution in [1.82, 2.24) is 29.4 Å². The van der Waals surface area contributed by atoms with Gasteiger partial charge in [-0.2, -0.15) is 0 Å². The number of nitrogens with zero attached hydrogens (tertiary/aromatic N) is 10. The van der Waals surface area contributed by atoms with Crippen molar-refractivity contribution in [3.05, 3.63) is 154 Å². The molecule has 0 saturated carbocycles. The smallest absolute Gasteiger partial charge is 0.870 e.